The summed E-state index contributed by atoms with van der Waals surface area (Å²) in [6.45, 7) is 0.524. The summed E-state index contributed by atoms with van der Waals surface area (Å²) in [5.74, 6) is 0. The van der Waals surface area contributed by atoms with Crippen LogP contribution in [0.4, 0.5) is 5.69 Å². The quantitative estimate of drug-likeness (QED) is 0.787. The Morgan fingerprint density at radius 2 is 1.78 bits per heavy atom. The Morgan fingerprint density at radius 3 is 2.41 bits per heavy atom. The van der Waals surface area contributed by atoms with Crippen LogP contribution < -0.4 is 9.62 Å². The Morgan fingerprint density at radius 1 is 1.11 bits per heavy atom. The Bertz CT molecular complexity index is 839. The Kier molecular flexibility index (Phi) is 6.16. The van der Waals surface area contributed by atoms with E-state index < -0.39 is 15.3 Å². The van der Waals surface area contributed by atoms with Gasteiger partial charge in [-0.05, 0) is 29.7 Å². The predicted octanol–water partition coefficient (Wildman–Crippen LogP) is 2.20. The molecule has 0 spiro atoms. The molecular weight excluding hydrogens is 362 g/mol. The number of hydrogen-bond acceptors (Lipinski definition) is 5. The fourth-order valence-corrected chi connectivity index (χ4v) is 4.85. The van der Waals surface area contributed by atoms with E-state index >= 15 is 0 Å². The van der Waals surface area contributed by atoms with Gasteiger partial charge >= 0.3 is 0 Å². The molecular formula is C20H27N3O3S. The maximum atomic E-state index is 12.9. The van der Waals surface area contributed by atoms with Crippen LogP contribution >= 0.6 is 0 Å². The number of benzene rings is 2. The molecule has 1 fully saturated rings. The molecule has 1 saturated heterocycles. The second-order valence-electron chi connectivity index (χ2n) is 6.99. The number of anilines is 1. The third-order valence-electron chi connectivity index (χ3n) is 4.90. The molecule has 1 aliphatic heterocycles. The van der Waals surface area contributed by atoms with Crippen molar-refractivity contribution in [3.05, 3.63) is 65.7 Å². The topological polar surface area (TPSA) is 61.9 Å². The second kappa shape index (κ2) is 8.39. The maximum absolute atomic E-state index is 12.9. The zero-order valence-corrected chi connectivity index (χ0v) is 16.8. The number of sulfonamides is 1. The largest absolute Gasteiger partial charge is 0.378 e. The fourth-order valence-electron chi connectivity index (χ4n) is 3.34. The highest BCUT2D eigenvalue weighted by Gasteiger charge is 2.42. The zero-order chi connectivity index (χ0) is 19.4. The second-order valence-corrected chi connectivity index (χ2v) is 8.97. The van der Waals surface area contributed by atoms with E-state index in [-0.39, 0.29) is 12.6 Å². The van der Waals surface area contributed by atoms with Gasteiger partial charge in [-0.2, -0.15) is 5.06 Å². The molecule has 1 N–H and O–H groups in total. The lowest BCUT2D eigenvalue weighted by molar-refractivity contribution is -0.110. The van der Waals surface area contributed by atoms with E-state index in [2.05, 4.69) is 4.72 Å². The monoisotopic (exact) mass is 389 g/mol. The van der Waals surface area contributed by atoms with E-state index in [0.717, 1.165) is 16.8 Å². The van der Waals surface area contributed by atoms with Crippen LogP contribution in [-0.2, 0) is 21.3 Å². The van der Waals surface area contributed by atoms with Gasteiger partial charge in [0.15, 0.2) is 0 Å². The summed E-state index contributed by atoms with van der Waals surface area (Å²) in [6.07, 6.45) is 0.658. The first-order valence-corrected chi connectivity index (χ1v) is 10.6. The van der Waals surface area contributed by atoms with Crippen molar-refractivity contribution in [1.29, 1.82) is 0 Å². The molecule has 0 aromatic heterocycles. The van der Waals surface area contributed by atoms with Gasteiger partial charge in [0.05, 0.1) is 12.6 Å². The molecule has 1 aliphatic rings. The predicted molar refractivity (Wildman–Crippen MR) is 108 cm³/mol. The SMILES string of the molecule is CN(C)c1ccc([C@@H]2[C@H](S(=O)(=O)NCCc3ccccc3)CON2C)cc1. The summed E-state index contributed by atoms with van der Waals surface area (Å²) in [4.78, 5) is 7.58. The van der Waals surface area contributed by atoms with Crippen molar-refractivity contribution in [2.45, 2.75) is 17.7 Å². The van der Waals surface area contributed by atoms with Crippen LogP contribution in [0.3, 0.4) is 0 Å². The number of rotatable bonds is 7. The van der Waals surface area contributed by atoms with Crippen molar-refractivity contribution in [2.75, 3.05) is 39.2 Å². The number of nitrogens with zero attached hydrogens (tertiary/aromatic N) is 2. The number of hydrogen-bond donors (Lipinski definition) is 1. The van der Waals surface area contributed by atoms with Gasteiger partial charge in [0.2, 0.25) is 10.0 Å². The van der Waals surface area contributed by atoms with Gasteiger partial charge in [0.1, 0.15) is 5.25 Å². The van der Waals surface area contributed by atoms with Gasteiger partial charge < -0.3 is 4.90 Å². The lowest BCUT2D eigenvalue weighted by Crippen LogP contribution is -2.40. The maximum Gasteiger partial charge on any atom is 0.218 e. The molecule has 27 heavy (non-hydrogen) atoms. The smallest absolute Gasteiger partial charge is 0.218 e. The van der Waals surface area contributed by atoms with Gasteiger partial charge in [-0.3, -0.25) is 4.84 Å². The summed E-state index contributed by atoms with van der Waals surface area (Å²) >= 11 is 0. The molecule has 0 amide bonds. The molecule has 0 bridgehead atoms. The van der Waals surface area contributed by atoms with Crippen molar-refractivity contribution in [1.82, 2.24) is 9.79 Å². The van der Waals surface area contributed by atoms with Gasteiger partial charge in [-0.1, -0.05) is 42.5 Å². The minimum Gasteiger partial charge on any atom is -0.378 e. The standard InChI is InChI=1S/C20H27N3O3S/c1-22(2)18-11-9-17(10-12-18)20-19(15-26-23(20)3)27(24,25)21-14-13-16-7-5-4-6-8-16/h4-12,19-21H,13-15H2,1-3H3/t19-,20-/m1/s1. The summed E-state index contributed by atoms with van der Waals surface area (Å²) in [5, 5.41) is 0.995. The molecule has 2 aromatic rings. The van der Waals surface area contributed by atoms with Gasteiger partial charge in [-0.15, -0.1) is 0 Å². The van der Waals surface area contributed by atoms with E-state index in [4.69, 9.17) is 4.84 Å². The van der Waals surface area contributed by atoms with Gasteiger partial charge in [0, 0.05) is 33.4 Å². The molecule has 0 radical (unpaired) electrons. The van der Waals surface area contributed by atoms with Crippen LogP contribution in [0, 0.1) is 0 Å². The van der Waals surface area contributed by atoms with Crippen LogP contribution in [0.1, 0.15) is 17.2 Å². The first-order valence-electron chi connectivity index (χ1n) is 9.04. The molecule has 0 aliphatic carbocycles. The first-order chi connectivity index (χ1) is 12.9. The van der Waals surface area contributed by atoms with E-state index in [1.807, 2.05) is 73.6 Å². The summed E-state index contributed by atoms with van der Waals surface area (Å²) in [5.41, 5.74) is 3.11. The molecule has 3 rings (SSSR count). The average Bonchev–Trinajstić information content (AvgIpc) is 3.05. The lowest BCUT2D eigenvalue weighted by Gasteiger charge is -2.24. The molecule has 146 valence electrons. The van der Waals surface area contributed by atoms with E-state index in [9.17, 15) is 8.42 Å². The third kappa shape index (κ3) is 4.68. The average molecular weight is 390 g/mol. The Labute approximate surface area is 161 Å². The van der Waals surface area contributed by atoms with Crippen LogP contribution in [0.25, 0.3) is 0 Å². The van der Waals surface area contributed by atoms with Crippen LogP contribution in [0.15, 0.2) is 54.6 Å². The normalized spacial score (nSPS) is 20.7. The summed E-state index contributed by atoms with van der Waals surface area (Å²) < 4.78 is 28.6. The van der Waals surface area contributed by atoms with Crippen molar-refractivity contribution in [2.24, 2.45) is 0 Å². The van der Waals surface area contributed by atoms with Gasteiger partial charge in [-0.25, -0.2) is 13.1 Å². The highest BCUT2D eigenvalue weighted by molar-refractivity contribution is 7.90. The Balaban J connectivity index is 1.71. The van der Waals surface area contributed by atoms with Crippen molar-refractivity contribution < 1.29 is 13.3 Å². The van der Waals surface area contributed by atoms with E-state index in [1.165, 1.54) is 0 Å². The summed E-state index contributed by atoms with van der Waals surface area (Å²) in [7, 11) is 2.22. The molecule has 2 atom stereocenters. The molecule has 7 heteroatoms. The van der Waals surface area contributed by atoms with E-state index in [1.54, 1.807) is 12.1 Å². The molecule has 0 unspecified atom stereocenters. The van der Waals surface area contributed by atoms with Gasteiger partial charge in [0.25, 0.3) is 0 Å². The lowest BCUT2D eigenvalue weighted by atomic mass is 10.0. The molecule has 0 saturated carbocycles. The highest BCUT2D eigenvalue weighted by atomic mass is 32.2. The van der Waals surface area contributed by atoms with Crippen LogP contribution in [-0.4, -0.2) is 53.0 Å². The highest BCUT2D eigenvalue weighted by Crippen LogP contribution is 2.33. The minimum absolute atomic E-state index is 0.150. The Hall–Kier alpha value is -1.93. The van der Waals surface area contributed by atoms with Crippen LogP contribution in [0.5, 0.6) is 0 Å². The first kappa shape index (κ1) is 19.8. The van der Waals surface area contributed by atoms with Crippen molar-refractivity contribution >= 4 is 15.7 Å². The minimum atomic E-state index is -3.51. The third-order valence-corrected chi connectivity index (χ3v) is 6.69. The summed E-state index contributed by atoms with van der Waals surface area (Å²) in [6, 6.07) is 17.4. The van der Waals surface area contributed by atoms with Crippen molar-refractivity contribution in [3.8, 4) is 0 Å². The number of nitrogens with one attached hydrogen (secondary N) is 1. The van der Waals surface area contributed by atoms with E-state index in [0.29, 0.717) is 13.0 Å². The van der Waals surface area contributed by atoms with Crippen LogP contribution in [0.2, 0.25) is 0 Å². The fraction of sp³-hybridized carbons (Fsp3) is 0.400. The number of hydroxylamine groups is 2. The molecule has 6 nitrogen and oxygen atoms in total. The zero-order valence-electron chi connectivity index (χ0n) is 16.0. The molecule has 2 aromatic carbocycles. The van der Waals surface area contributed by atoms with Crippen molar-refractivity contribution in [3.63, 3.8) is 0 Å². The molecule has 1 heterocycles.